The highest BCUT2D eigenvalue weighted by Gasteiger charge is 2.51. The quantitative estimate of drug-likeness (QED) is 0.867. The van der Waals surface area contributed by atoms with Crippen LogP contribution >= 0.6 is 0 Å². The second kappa shape index (κ2) is 4.49. The van der Waals surface area contributed by atoms with Gasteiger partial charge < -0.3 is 10.0 Å². The Bertz CT molecular complexity index is 485. The van der Waals surface area contributed by atoms with Crippen molar-refractivity contribution >= 4 is 11.7 Å². The minimum Gasteiger partial charge on any atom is -0.480 e. The molecule has 0 bridgehead atoms. The van der Waals surface area contributed by atoms with Crippen LogP contribution in [0.25, 0.3) is 0 Å². The molecule has 1 aliphatic carbocycles. The van der Waals surface area contributed by atoms with E-state index in [1.807, 2.05) is 0 Å². The number of carboxylic acid groups (broad SMARTS) is 1. The van der Waals surface area contributed by atoms with Crippen molar-refractivity contribution in [1.82, 2.24) is 5.32 Å². The van der Waals surface area contributed by atoms with E-state index in [1.165, 1.54) is 12.1 Å². The predicted octanol–water partition coefficient (Wildman–Crippen LogP) is 1.61. The van der Waals surface area contributed by atoms with E-state index in [1.54, 1.807) is 12.1 Å². The molecule has 102 valence electrons. The number of aliphatic carboxylic acids is 1. The third kappa shape index (κ3) is 2.42. The van der Waals surface area contributed by atoms with Gasteiger partial charge in [-0.15, -0.1) is 0 Å². The van der Waals surface area contributed by atoms with Crippen molar-refractivity contribution in [1.29, 1.82) is 0 Å². The average molecular weight is 264 g/mol. The number of halogens is 1. The van der Waals surface area contributed by atoms with E-state index in [-0.39, 0.29) is 11.9 Å². The first-order valence-electron chi connectivity index (χ1n) is 6.61. The van der Waals surface area contributed by atoms with Gasteiger partial charge in [-0.2, -0.15) is 0 Å². The molecule has 0 unspecified atom stereocenters. The average Bonchev–Trinajstić information content (AvgIpc) is 3.02. The van der Waals surface area contributed by atoms with Crippen molar-refractivity contribution in [3.05, 3.63) is 30.1 Å². The lowest BCUT2D eigenvalue weighted by Gasteiger charge is -2.21. The number of hydrogen-bond donors (Lipinski definition) is 2. The van der Waals surface area contributed by atoms with Crippen LogP contribution < -0.4 is 10.2 Å². The summed E-state index contributed by atoms with van der Waals surface area (Å²) < 4.78 is 12.9. The Labute approximate surface area is 111 Å². The van der Waals surface area contributed by atoms with E-state index in [4.69, 9.17) is 5.11 Å². The second-order valence-electron chi connectivity index (χ2n) is 5.44. The molecule has 5 heteroatoms. The molecule has 1 saturated heterocycles. The highest BCUT2D eigenvalue weighted by molar-refractivity contribution is 5.82. The van der Waals surface area contributed by atoms with E-state index < -0.39 is 11.5 Å². The van der Waals surface area contributed by atoms with Crippen LogP contribution in [0, 0.1) is 5.82 Å². The van der Waals surface area contributed by atoms with Gasteiger partial charge in [0.2, 0.25) is 0 Å². The third-order valence-corrected chi connectivity index (χ3v) is 4.02. The van der Waals surface area contributed by atoms with Crippen LogP contribution in [0.4, 0.5) is 10.1 Å². The number of carboxylic acids is 1. The minimum absolute atomic E-state index is 0.198. The van der Waals surface area contributed by atoms with Crippen molar-refractivity contribution < 1.29 is 14.3 Å². The normalized spacial score (nSPS) is 24.5. The molecule has 2 aliphatic rings. The van der Waals surface area contributed by atoms with Gasteiger partial charge in [0.15, 0.2) is 0 Å². The lowest BCUT2D eigenvalue weighted by molar-refractivity contribution is -0.140. The van der Waals surface area contributed by atoms with Crippen LogP contribution in [-0.4, -0.2) is 35.7 Å². The molecular formula is C14H17FN2O2. The number of benzene rings is 1. The van der Waals surface area contributed by atoms with Crippen LogP contribution in [0.1, 0.15) is 19.3 Å². The molecule has 1 atom stereocenters. The number of nitrogens with zero attached hydrogens (tertiary/aromatic N) is 1. The van der Waals surface area contributed by atoms with E-state index in [2.05, 4.69) is 10.2 Å². The van der Waals surface area contributed by atoms with Gasteiger partial charge in [0.05, 0.1) is 0 Å². The molecule has 1 aliphatic heterocycles. The SMILES string of the molecule is O=C(O)C1(N[C@@H]2CCN(c3ccc(F)cc3)C2)CC1. The standard InChI is InChI=1S/C14H17FN2O2/c15-10-1-3-12(4-2-10)17-8-5-11(9-17)16-14(6-7-14)13(18)19/h1-4,11,16H,5-9H2,(H,18,19)/t11-/m1/s1. The van der Waals surface area contributed by atoms with Gasteiger partial charge in [0, 0.05) is 24.8 Å². The maximum Gasteiger partial charge on any atom is 0.323 e. The highest BCUT2D eigenvalue weighted by atomic mass is 19.1. The molecule has 2 N–H and O–H groups in total. The first-order chi connectivity index (χ1) is 9.09. The summed E-state index contributed by atoms with van der Waals surface area (Å²) in [5.74, 6) is -0.979. The Hall–Kier alpha value is -1.62. The minimum atomic E-state index is -0.743. The molecule has 1 saturated carbocycles. The summed E-state index contributed by atoms with van der Waals surface area (Å²) in [7, 11) is 0. The maximum atomic E-state index is 12.9. The van der Waals surface area contributed by atoms with Gasteiger partial charge in [0.25, 0.3) is 0 Å². The van der Waals surface area contributed by atoms with Crippen LogP contribution in [-0.2, 0) is 4.79 Å². The number of hydrogen-bond acceptors (Lipinski definition) is 3. The fourth-order valence-electron chi connectivity index (χ4n) is 2.70. The zero-order valence-corrected chi connectivity index (χ0v) is 10.6. The van der Waals surface area contributed by atoms with Gasteiger partial charge in [-0.1, -0.05) is 0 Å². The first kappa shape index (κ1) is 12.4. The molecule has 3 rings (SSSR count). The maximum absolute atomic E-state index is 12.9. The molecule has 19 heavy (non-hydrogen) atoms. The van der Waals surface area contributed by atoms with Crippen LogP contribution in [0.2, 0.25) is 0 Å². The van der Waals surface area contributed by atoms with Crippen LogP contribution in [0.5, 0.6) is 0 Å². The van der Waals surface area contributed by atoms with Crippen LogP contribution in [0.15, 0.2) is 24.3 Å². The molecule has 1 aromatic rings. The molecule has 1 heterocycles. The van der Waals surface area contributed by atoms with Gasteiger partial charge in [-0.25, -0.2) is 4.39 Å². The molecule has 1 aromatic carbocycles. The smallest absolute Gasteiger partial charge is 0.323 e. The van der Waals surface area contributed by atoms with Gasteiger partial charge in [-0.3, -0.25) is 10.1 Å². The number of carbonyl (C=O) groups is 1. The fraction of sp³-hybridized carbons (Fsp3) is 0.500. The van der Waals surface area contributed by atoms with Crippen LogP contribution in [0.3, 0.4) is 0 Å². The Balaban J connectivity index is 1.61. The summed E-state index contributed by atoms with van der Waals surface area (Å²) in [6, 6.07) is 6.64. The monoisotopic (exact) mass is 264 g/mol. The molecule has 0 spiro atoms. The molecule has 0 radical (unpaired) electrons. The second-order valence-corrected chi connectivity index (χ2v) is 5.44. The van der Waals surface area contributed by atoms with Gasteiger partial charge in [0.1, 0.15) is 11.4 Å². The Kier molecular flexibility index (Phi) is 2.93. The summed E-state index contributed by atoms with van der Waals surface area (Å²) >= 11 is 0. The topological polar surface area (TPSA) is 52.6 Å². The lowest BCUT2D eigenvalue weighted by Crippen LogP contribution is -2.46. The van der Waals surface area contributed by atoms with E-state index in [9.17, 15) is 9.18 Å². The summed E-state index contributed by atoms with van der Waals surface area (Å²) in [6.07, 6.45) is 2.36. The van der Waals surface area contributed by atoms with Crippen molar-refractivity contribution in [3.63, 3.8) is 0 Å². The molecule has 2 fully saturated rings. The fourth-order valence-corrected chi connectivity index (χ4v) is 2.70. The van der Waals surface area contributed by atoms with E-state index in [0.29, 0.717) is 0 Å². The molecule has 4 nitrogen and oxygen atoms in total. The third-order valence-electron chi connectivity index (χ3n) is 4.02. The van der Waals surface area contributed by atoms with Crippen molar-refractivity contribution in [2.24, 2.45) is 0 Å². The Morgan fingerprint density at radius 2 is 2.05 bits per heavy atom. The van der Waals surface area contributed by atoms with E-state index in [0.717, 1.165) is 38.0 Å². The van der Waals surface area contributed by atoms with E-state index >= 15 is 0 Å². The summed E-state index contributed by atoms with van der Waals surface area (Å²) in [5.41, 5.74) is 0.314. The summed E-state index contributed by atoms with van der Waals surface area (Å²) in [6.45, 7) is 1.65. The van der Waals surface area contributed by atoms with Crippen molar-refractivity contribution in [3.8, 4) is 0 Å². The molecule has 0 aromatic heterocycles. The largest absolute Gasteiger partial charge is 0.480 e. The highest BCUT2D eigenvalue weighted by Crippen LogP contribution is 2.37. The Morgan fingerprint density at radius 3 is 2.63 bits per heavy atom. The zero-order valence-electron chi connectivity index (χ0n) is 10.6. The van der Waals surface area contributed by atoms with Crippen molar-refractivity contribution in [2.45, 2.75) is 30.8 Å². The number of anilines is 1. The van der Waals surface area contributed by atoms with Crippen molar-refractivity contribution in [2.75, 3.05) is 18.0 Å². The zero-order chi connectivity index (χ0) is 13.5. The molecular weight excluding hydrogens is 247 g/mol. The van der Waals surface area contributed by atoms with Gasteiger partial charge >= 0.3 is 5.97 Å². The van der Waals surface area contributed by atoms with Gasteiger partial charge in [-0.05, 0) is 43.5 Å². The summed E-state index contributed by atoms with van der Waals surface area (Å²) in [5, 5.41) is 12.4. The molecule has 0 amide bonds. The number of nitrogens with one attached hydrogen (secondary N) is 1. The predicted molar refractivity (Wildman–Crippen MR) is 69.8 cm³/mol. The Morgan fingerprint density at radius 1 is 1.37 bits per heavy atom. The number of rotatable bonds is 4. The summed E-state index contributed by atoms with van der Waals surface area (Å²) in [4.78, 5) is 13.3. The first-order valence-corrected chi connectivity index (χ1v) is 6.61. The lowest BCUT2D eigenvalue weighted by atomic mass is 10.2.